The van der Waals surface area contributed by atoms with Gasteiger partial charge < -0.3 is 14.9 Å². The fraction of sp³-hybridized carbons (Fsp3) is 1.00. The van der Waals surface area contributed by atoms with Crippen LogP contribution in [0.5, 0.6) is 0 Å². The molecule has 2 rings (SSSR count). The zero-order chi connectivity index (χ0) is 12.1. The summed E-state index contributed by atoms with van der Waals surface area (Å²) in [7, 11) is 0. The molecule has 0 aromatic heterocycles. The van der Waals surface area contributed by atoms with Gasteiger partial charge in [-0.2, -0.15) is 0 Å². The average molecular weight is 243 g/mol. The van der Waals surface area contributed by atoms with Gasteiger partial charge in [0.1, 0.15) is 0 Å². The van der Waals surface area contributed by atoms with Crippen molar-refractivity contribution in [2.45, 2.75) is 38.1 Å². The third kappa shape index (κ3) is 3.19. The molecule has 0 radical (unpaired) electrons. The smallest absolute Gasteiger partial charge is 0.0586 e. The Kier molecular flexibility index (Phi) is 4.79. The molecule has 100 valence electrons. The predicted octanol–water partition coefficient (Wildman–Crippen LogP) is 0.622. The Morgan fingerprint density at radius 2 is 1.94 bits per heavy atom. The van der Waals surface area contributed by atoms with Gasteiger partial charge in [-0.05, 0) is 32.2 Å². The van der Waals surface area contributed by atoms with Crippen molar-refractivity contribution in [1.29, 1.82) is 0 Å². The van der Waals surface area contributed by atoms with Gasteiger partial charge in [0.05, 0.1) is 13.2 Å². The van der Waals surface area contributed by atoms with E-state index in [4.69, 9.17) is 4.74 Å². The van der Waals surface area contributed by atoms with Crippen molar-refractivity contribution in [3.8, 4) is 0 Å². The number of rotatable bonds is 4. The number of nitrogens with zero attached hydrogens (tertiary/aromatic N) is 1. The van der Waals surface area contributed by atoms with Crippen LogP contribution < -0.4 is 0 Å². The Hall–Kier alpha value is -0.160. The largest absolute Gasteiger partial charge is 0.396 e. The van der Waals surface area contributed by atoms with E-state index in [1.807, 2.05) is 0 Å². The van der Waals surface area contributed by atoms with Gasteiger partial charge >= 0.3 is 0 Å². The summed E-state index contributed by atoms with van der Waals surface area (Å²) < 4.78 is 5.39. The van der Waals surface area contributed by atoms with Crippen molar-refractivity contribution in [3.63, 3.8) is 0 Å². The van der Waals surface area contributed by atoms with E-state index in [-0.39, 0.29) is 18.6 Å². The Bertz CT molecular complexity index is 229. The van der Waals surface area contributed by atoms with Crippen LogP contribution in [0, 0.1) is 5.41 Å². The second-order valence-electron chi connectivity index (χ2n) is 5.57. The zero-order valence-corrected chi connectivity index (χ0v) is 10.6. The minimum Gasteiger partial charge on any atom is -0.396 e. The summed E-state index contributed by atoms with van der Waals surface area (Å²) in [6.07, 6.45) is 5.41. The van der Waals surface area contributed by atoms with Gasteiger partial charge in [0.2, 0.25) is 0 Å². The maximum absolute atomic E-state index is 9.69. The maximum atomic E-state index is 9.69. The fourth-order valence-corrected chi connectivity index (χ4v) is 3.08. The lowest BCUT2D eigenvalue weighted by atomic mass is 9.79. The predicted molar refractivity (Wildman–Crippen MR) is 65.9 cm³/mol. The lowest BCUT2D eigenvalue weighted by Crippen LogP contribution is -2.50. The summed E-state index contributed by atoms with van der Waals surface area (Å²) in [5.74, 6) is 0. The van der Waals surface area contributed by atoms with Gasteiger partial charge in [-0.15, -0.1) is 0 Å². The van der Waals surface area contributed by atoms with Crippen LogP contribution in [0.15, 0.2) is 0 Å². The van der Waals surface area contributed by atoms with Gasteiger partial charge in [0.25, 0.3) is 0 Å². The summed E-state index contributed by atoms with van der Waals surface area (Å²) >= 11 is 0. The van der Waals surface area contributed by atoms with E-state index in [0.29, 0.717) is 6.04 Å². The number of piperidine rings is 1. The van der Waals surface area contributed by atoms with Crippen LogP contribution in [0.4, 0.5) is 0 Å². The maximum Gasteiger partial charge on any atom is 0.0586 e. The lowest BCUT2D eigenvalue weighted by Gasteiger charge is -2.43. The van der Waals surface area contributed by atoms with E-state index in [2.05, 4.69) is 4.90 Å². The van der Waals surface area contributed by atoms with Crippen LogP contribution in [-0.4, -0.2) is 60.7 Å². The molecule has 17 heavy (non-hydrogen) atoms. The molecular formula is C13H25NO3. The molecule has 2 heterocycles. The van der Waals surface area contributed by atoms with Crippen LogP contribution in [-0.2, 0) is 4.74 Å². The quantitative estimate of drug-likeness (QED) is 0.760. The van der Waals surface area contributed by atoms with Crippen molar-refractivity contribution in [2.24, 2.45) is 5.41 Å². The first-order valence-electron chi connectivity index (χ1n) is 6.83. The highest BCUT2D eigenvalue weighted by atomic mass is 16.5. The van der Waals surface area contributed by atoms with E-state index < -0.39 is 0 Å². The highest BCUT2D eigenvalue weighted by Gasteiger charge is 2.36. The molecule has 0 aromatic rings. The van der Waals surface area contributed by atoms with Gasteiger partial charge in [-0.3, -0.25) is 4.90 Å². The summed E-state index contributed by atoms with van der Waals surface area (Å²) in [4.78, 5) is 2.38. The number of hydrogen-bond acceptors (Lipinski definition) is 4. The Balaban J connectivity index is 1.96. The monoisotopic (exact) mass is 243 g/mol. The van der Waals surface area contributed by atoms with Crippen LogP contribution in [0.2, 0.25) is 0 Å². The normalized spacial score (nSPS) is 30.4. The van der Waals surface area contributed by atoms with Gasteiger partial charge in [-0.25, -0.2) is 0 Å². The Labute approximate surface area is 104 Å². The van der Waals surface area contributed by atoms with E-state index in [1.54, 1.807) is 0 Å². The molecular weight excluding hydrogens is 218 g/mol. The number of aliphatic hydroxyl groups is 2. The van der Waals surface area contributed by atoms with E-state index in [1.165, 1.54) is 12.8 Å². The van der Waals surface area contributed by atoms with Crippen molar-refractivity contribution < 1.29 is 14.9 Å². The molecule has 2 aliphatic heterocycles. The second-order valence-corrected chi connectivity index (χ2v) is 5.57. The van der Waals surface area contributed by atoms with Crippen LogP contribution in [0.3, 0.4) is 0 Å². The highest BCUT2D eigenvalue weighted by molar-refractivity contribution is 4.88. The van der Waals surface area contributed by atoms with Crippen molar-refractivity contribution in [3.05, 3.63) is 0 Å². The van der Waals surface area contributed by atoms with Crippen LogP contribution in [0.1, 0.15) is 32.1 Å². The highest BCUT2D eigenvalue weighted by Crippen LogP contribution is 2.33. The summed E-state index contributed by atoms with van der Waals surface area (Å²) in [5, 5.41) is 19.1. The van der Waals surface area contributed by atoms with Gasteiger partial charge in [0, 0.05) is 31.2 Å². The Morgan fingerprint density at radius 3 is 2.59 bits per heavy atom. The molecule has 1 atom stereocenters. The van der Waals surface area contributed by atoms with E-state index in [9.17, 15) is 10.2 Å². The average Bonchev–Trinajstić information content (AvgIpc) is 2.40. The summed E-state index contributed by atoms with van der Waals surface area (Å²) in [6.45, 7) is 3.99. The number of ether oxygens (including phenoxy) is 1. The van der Waals surface area contributed by atoms with E-state index >= 15 is 0 Å². The molecule has 4 heteroatoms. The molecule has 2 fully saturated rings. The first-order valence-corrected chi connectivity index (χ1v) is 6.83. The molecule has 4 nitrogen and oxygen atoms in total. The molecule has 0 aromatic carbocycles. The van der Waals surface area contributed by atoms with Crippen molar-refractivity contribution >= 4 is 0 Å². The van der Waals surface area contributed by atoms with E-state index in [0.717, 1.165) is 45.6 Å². The molecule has 2 N–H and O–H groups in total. The third-order valence-corrected chi connectivity index (χ3v) is 4.39. The number of aliphatic hydroxyl groups excluding tert-OH is 2. The summed E-state index contributed by atoms with van der Waals surface area (Å²) in [5.41, 5.74) is 0.00299. The standard InChI is InChI=1S/C13H25NO3/c15-9-12-3-1-2-6-14(12)10-13(11-16)4-7-17-8-5-13/h12,15-16H,1-11H2. The lowest BCUT2D eigenvalue weighted by molar-refractivity contribution is -0.0496. The van der Waals surface area contributed by atoms with Crippen molar-refractivity contribution in [1.82, 2.24) is 4.90 Å². The molecule has 2 aliphatic rings. The first-order chi connectivity index (χ1) is 8.29. The van der Waals surface area contributed by atoms with Crippen LogP contribution >= 0.6 is 0 Å². The zero-order valence-electron chi connectivity index (χ0n) is 10.6. The molecule has 0 bridgehead atoms. The first kappa shape index (κ1) is 13.3. The SMILES string of the molecule is OCC1CCCCN1CC1(CO)CCOCC1. The molecule has 0 spiro atoms. The Morgan fingerprint density at radius 1 is 1.18 bits per heavy atom. The molecule has 2 saturated heterocycles. The molecule has 0 amide bonds. The van der Waals surface area contributed by atoms with Crippen LogP contribution in [0.25, 0.3) is 0 Å². The molecule has 0 aliphatic carbocycles. The minimum absolute atomic E-state index is 0.00299. The molecule has 0 saturated carbocycles. The number of hydrogen-bond donors (Lipinski definition) is 2. The summed E-state index contributed by atoms with van der Waals surface area (Å²) in [6, 6.07) is 0.301. The second kappa shape index (κ2) is 6.14. The van der Waals surface area contributed by atoms with Crippen molar-refractivity contribution in [2.75, 3.05) is 39.5 Å². The van der Waals surface area contributed by atoms with Gasteiger partial charge in [0.15, 0.2) is 0 Å². The van der Waals surface area contributed by atoms with Gasteiger partial charge in [-0.1, -0.05) is 6.42 Å². The number of likely N-dealkylation sites (tertiary alicyclic amines) is 1. The third-order valence-electron chi connectivity index (χ3n) is 4.39. The molecule has 1 unspecified atom stereocenters. The minimum atomic E-state index is 0.00299. The fourth-order valence-electron chi connectivity index (χ4n) is 3.08. The topological polar surface area (TPSA) is 52.9 Å².